The fourth-order valence-corrected chi connectivity index (χ4v) is 25.3. The van der Waals surface area contributed by atoms with Gasteiger partial charge in [-0.25, -0.2) is 24.9 Å². The Labute approximate surface area is 851 Å². The average molecular weight is 1920 g/mol. The van der Waals surface area contributed by atoms with Crippen LogP contribution in [-0.4, -0.2) is 43.6 Å². The van der Waals surface area contributed by atoms with E-state index in [2.05, 4.69) is 487 Å². The van der Waals surface area contributed by atoms with Gasteiger partial charge in [-0.05, 0) is 156 Å². The van der Waals surface area contributed by atoms with Gasteiger partial charge in [0.1, 0.15) is 0 Å². The van der Waals surface area contributed by atoms with Gasteiger partial charge < -0.3 is 13.7 Å². The summed E-state index contributed by atoms with van der Waals surface area (Å²) in [5.74, 6) is 1.40. The Hall–Kier alpha value is -18.6. The summed E-state index contributed by atoms with van der Waals surface area (Å²) in [5, 5.41) is 17.3. The zero-order valence-electron chi connectivity index (χ0n) is 78.7. The highest BCUT2D eigenvalue weighted by Crippen LogP contribution is 2.50. The van der Waals surface area contributed by atoms with Crippen molar-refractivity contribution in [2.45, 2.75) is 0 Å². The second-order valence-electron chi connectivity index (χ2n) is 37.1. The summed E-state index contributed by atoms with van der Waals surface area (Å²) >= 11 is 5.55. The Morgan fingerprint density at radius 3 is 0.842 bits per heavy atom. The zero-order chi connectivity index (χ0) is 96.2. The normalized spacial score (nSPS) is 11.7. The first kappa shape index (κ1) is 85.4. The quantitative estimate of drug-likeness (QED) is 0.107. The lowest BCUT2D eigenvalue weighted by Crippen LogP contribution is -1.97. The maximum atomic E-state index is 5.28. The monoisotopic (exact) mass is 1910 g/mol. The van der Waals surface area contributed by atoms with Gasteiger partial charge >= 0.3 is 0 Å². The van der Waals surface area contributed by atoms with Crippen molar-refractivity contribution in [1.82, 2.24) is 43.6 Å². The lowest BCUT2D eigenvalue weighted by molar-refractivity contribution is 1.18. The highest BCUT2D eigenvalue weighted by molar-refractivity contribution is 7.27. The number of thiophene rings is 3. The zero-order valence-corrected chi connectivity index (χ0v) is 81.1. The molecule has 0 aliphatic rings. The Balaban J connectivity index is 0.000000107. The molecule has 30 aromatic rings. The lowest BCUT2D eigenvalue weighted by atomic mass is 9.98. The minimum Gasteiger partial charge on any atom is -0.309 e. The van der Waals surface area contributed by atoms with Crippen LogP contribution in [0.15, 0.2) is 504 Å². The molecule has 0 amide bonds. The van der Waals surface area contributed by atoms with Crippen LogP contribution in [0.2, 0.25) is 0 Å². The molecule has 0 N–H and O–H groups in total. The van der Waals surface area contributed by atoms with Gasteiger partial charge in [-0.3, -0.25) is 4.98 Å². The molecule has 0 unspecified atom stereocenters. The van der Waals surface area contributed by atoms with Crippen LogP contribution < -0.4 is 0 Å². The number of fused-ring (bicyclic) bond motifs is 21. The number of benzene rings is 20. The predicted octanol–water partition coefficient (Wildman–Crippen LogP) is 36.8. The van der Waals surface area contributed by atoms with Gasteiger partial charge in [-0.2, -0.15) is 0 Å². The molecule has 146 heavy (non-hydrogen) atoms. The number of para-hydroxylation sites is 6. The SMILES string of the molecule is c1ccc(-c2cc(-c3ccccc3)nc(-c3cccc(-c4cc(-n5c6ccccc6c6ccccc65)cc5c4sc4ccccc45)c3)n2)cc1.c1ccc(-c2cccc(-c3cc(-c4ccccc4)nc(-c4cccc(-c5cc(-n6c7ccccc7c7ccccc76)cc6c5sc5ccccc56)c4)n3)c2)cc1.c1cnc2c(c1)ccc1ccc(-c3cc(-n4c5ccccc5c5ccccc54)cc4c3sc3ccccc34)nc12. The van der Waals surface area contributed by atoms with Crippen molar-refractivity contribution in [1.29, 1.82) is 0 Å². The molecule has 0 atom stereocenters. The minimum absolute atomic E-state index is 0.694. The number of nitrogens with zero attached hydrogens (tertiary/aromatic N) is 9. The molecule has 0 aliphatic carbocycles. The molecule has 0 saturated heterocycles. The van der Waals surface area contributed by atoms with Crippen LogP contribution in [0.1, 0.15) is 0 Å². The van der Waals surface area contributed by atoms with Gasteiger partial charge in [-0.15, -0.1) is 34.0 Å². The standard InChI is InChI=1S/C52H33N3S.C46H29N3S.C36H21N3S/c1-3-15-34(16-4-1)36-19-13-21-38(29-36)47-33-46(35-17-5-2-6-18-35)53-52(54-47)39-22-14-20-37(30-39)44-31-40(32-45-43-25-9-12-28-50(43)56-51(44)45)55-48-26-10-7-23-41(48)42-24-8-11-27-49(42)55;1-3-14-30(15-4-1)40-29-41(31-16-5-2-6-17-31)48-46(47-40)33-19-13-18-32(26-33)38-27-34(28-39-37-22-9-12-25-44(37)50-45(38)39)49-42-23-10-7-20-35(42)36-21-8-11-24-43(36)49;1-4-12-31-25(9-1)26-10-2-5-13-32(26)39(31)24-20-28-27-11-3-6-14-33(27)40-36(28)29(21-24)30-18-17-23-16-15-22-8-7-19-37-34(22)35(23)38-30/h1-33H;1-29H;1-21H. The van der Waals surface area contributed by atoms with Gasteiger partial charge in [0.2, 0.25) is 0 Å². The molecule has 682 valence electrons. The second-order valence-corrected chi connectivity index (χ2v) is 40.2. The molecule has 0 fully saturated rings. The average Bonchev–Trinajstić information content (AvgIpc) is 1.58. The Morgan fingerprint density at radius 1 is 0.164 bits per heavy atom. The predicted molar refractivity (Wildman–Crippen MR) is 617 cm³/mol. The topological polar surface area (TPSA) is 92.1 Å². The summed E-state index contributed by atoms with van der Waals surface area (Å²) < 4.78 is 14.9. The molecular formula is C134H83N9S3. The third-order valence-corrected chi connectivity index (χ3v) is 32.1. The van der Waals surface area contributed by atoms with E-state index in [1.807, 2.05) is 64.5 Å². The van der Waals surface area contributed by atoms with Crippen LogP contribution in [0.4, 0.5) is 0 Å². The fourth-order valence-electron chi connectivity index (χ4n) is 21.6. The molecule has 0 spiro atoms. The first-order valence-electron chi connectivity index (χ1n) is 49.2. The van der Waals surface area contributed by atoms with Gasteiger partial charge in [-0.1, -0.05) is 364 Å². The maximum absolute atomic E-state index is 5.28. The van der Waals surface area contributed by atoms with Gasteiger partial charge in [0.25, 0.3) is 0 Å². The third kappa shape index (κ3) is 15.0. The lowest BCUT2D eigenvalue weighted by Gasteiger charge is -2.14. The molecule has 12 heteroatoms. The molecule has 20 aromatic carbocycles. The van der Waals surface area contributed by atoms with E-state index >= 15 is 0 Å². The molecule has 30 rings (SSSR count). The van der Waals surface area contributed by atoms with Crippen molar-refractivity contribution in [3.8, 4) is 130 Å². The largest absolute Gasteiger partial charge is 0.309 e. The Morgan fingerprint density at radius 2 is 0.452 bits per heavy atom. The Kier molecular flexibility index (Phi) is 21.0. The van der Waals surface area contributed by atoms with E-state index in [1.54, 1.807) is 0 Å². The van der Waals surface area contributed by atoms with Crippen LogP contribution in [0.5, 0.6) is 0 Å². The number of rotatable bonds is 13. The summed E-state index contributed by atoms with van der Waals surface area (Å²) in [4.78, 5) is 30.8. The molecule has 0 radical (unpaired) electrons. The summed E-state index contributed by atoms with van der Waals surface area (Å²) in [6.45, 7) is 0. The number of pyridine rings is 2. The van der Waals surface area contributed by atoms with E-state index in [0.717, 1.165) is 123 Å². The van der Waals surface area contributed by atoms with Crippen LogP contribution in [0.3, 0.4) is 0 Å². The van der Waals surface area contributed by atoms with Crippen molar-refractivity contribution in [3.05, 3.63) is 504 Å². The van der Waals surface area contributed by atoms with Crippen LogP contribution >= 0.6 is 34.0 Å². The second kappa shape index (κ2) is 35.9. The van der Waals surface area contributed by atoms with E-state index in [0.29, 0.717) is 11.6 Å². The third-order valence-electron chi connectivity index (χ3n) is 28.4. The van der Waals surface area contributed by atoms with E-state index in [-0.39, 0.29) is 0 Å². The molecule has 0 bridgehead atoms. The molecule has 10 heterocycles. The van der Waals surface area contributed by atoms with E-state index < -0.39 is 0 Å². The van der Waals surface area contributed by atoms with E-state index in [9.17, 15) is 0 Å². The molecular weight excluding hydrogens is 1830 g/mol. The van der Waals surface area contributed by atoms with Crippen LogP contribution in [0, 0.1) is 0 Å². The van der Waals surface area contributed by atoms with Crippen molar-refractivity contribution >= 4 is 182 Å². The van der Waals surface area contributed by atoms with Gasteiger partial charge in [0.15, 0.2) is 11.6 Å². The van der Waals surface area contributed by atoms with Gasteiger partial charge in [0.05, 0.1) is 72.6 Å². The van der Waals surface area contributed by atoms with Gasteiger partial charge in [0, 0.05) is 177 Å². The van der Waals surface area contributed by atoms with Crippen molar-refractivity contribution in [2.24, 2.45) is 0 Å². The van der Waals surface area contributed by atoms with Crippen molar-refractivity contribution < 1.29 is 0 Å². The van der Waals surface area contributed by atoms with Crippen molar-refractivity contribution in [2.75, 3.05) is 0 Å². The highest BCUT2D eigenvalue weighted by Gasteiger charge is 2.26. The van der Waals surface area contributed by atoms with Crippen molar-refractivity contribution in [3.63, 3.8) is 0 Å². The number of aromatic nitrogens is 9. The van der Waals surface area contributed by atoms with E-state index in [1.165, 1.54) is 143 Å². The molecule has 0 saturated carbocycles. The summed E-state index contributed by atoms with van der Waals surface area (Å²) in [7, 11) is 0. The minimum atomic E-state index is 0.694. The summed E-state index contributed by atoms with van der Waals surface area (Å²) in [5.41, 5.74) is 31.4. The number of hydrogen-bond acceptors (Lipinski definition) is 9. The Bertz CT molecular complexity index is 10200. The fraction of sp³-hybridized carbons (Fsp3) is 0. The summed E-state index contributed by atoms with van der Waals surface area (Å²) in [6.07, 6.45) is 1.85. The number of hydrogen-bond donors (Lipinski definition) is 0. The molecule has 10 aromatic heterocycles. The van der Waals surface area contributed by atoms with E-state index in [4.69, 9.17) is 29.9 Å². The maximum Gasteiger partial charge on any atom is 0.160 e. The molecule has 9 nitrogen and oxygen atoms in total. The smallest absolute Gasteiger partial charge is 0.160 e. The van der Waals surface area contributed by atoms with Crippen LogP contribution in [-0.2, 0) is 0 Å². The van der Waals surface area contributed by atoms with Crippen LogP contribution in [0.25, 0.3) is 277 Å². The first-order chi connectivity index (χ1) is 72.4. The highest BCUT2D eigenvalue weighted by atomic mass is 32.1. The molecule has 0 aliphatic heterocycles. The summed E-state index contributed by atoms with van der Waals surface area (Å²) in [6, 6.07) is 177. The first-order valence-corrected chi connectivity index (χ1v) is 51.6.